The number of rotatable bonds is 7. The lowest BCUT2D eigenvalue weighted by atomic mass is 10.2. The molecule has 0 bridgehead atoms. The van der Waals surface area contributed by atoms with E-state index in [1.807, 2.05) is 12.3 Å². The molecule has 0 unspecified atom stereocenters. The molecule has 0 saturated carbocycles. The fraction of sp³-hybridized carbons (Fsp3) is 0.417. The van der Waals surface area contributed by atoms with Gasteiger partial charge in [-0.2, -0.15) is 0 Å². The molecule has 0 fully saturated rings. The monoisotopic (exact) mass is 269 g/mol. The Labute approximate surface area is 109 Å². The number of carbonyl (C=O) groups excluding carboxylic acids is 3. The lowest BCUT2D eigenvalue weighted by Crippen LogP contribution is -2.16. The van der Waals surface area contributed by atoms with Crippen molar-refractivity contribution >= 4 is 34.5 Å². The predicted octanol–water partition coefficient (Wildman–Crippen LogP) is 2.04. The molecule has 5 nitrogen and oxygen atoms in total. The van der Waals surface area contributed by atoms with Gasteiger partial charge in [0, 0.05) is 12.0 Å². The molecule has 18 heavy (non-hydrogen) atoms. The summed E-state index contributed by atoms with van der Waals surface area (Å²) in [6.45, 7) is 4.07. The number of aryl methyl sites for hydroxylation is 1. The van der Waals surface area contributed by atoms with E-state index in [0.29, 0.717) is 17.9 Å². The van der Waals surface area contributed by atoms with Gasteiger partial charge in [-0.3, -0.25) is 14.4 Å². The standard InChI is InChI=1S/C12H15NO4S/c1-3-9(15)4-11(16)13-12-10(5-17-7-14)8(2)6-18-12/h6-7H,3-5H2,1-2H3,(H,13,16). The minimum absolute atomic E-state index is 0.105. The van der Waals surface area contributed by atoms with E-state index in [0.717, 1.165) is 11.1 Å². The van der Waals surface area contributed by atoms with E-state index in [9.17, 15) is 14.4 Å². The van der Waals surface area contributed by atoms with Crippen LogP contribution in [0.25, 0.3) is 0 Å². The van der Waals surface area contributed by atoms with Crippen LogP contribution in [0.1, 0.15) is 30.9 Å². The first-order chi connectivity index (χ1) is 8.58. The van der Waals surface area contributed by atoms with Crippen LogP contribution in [0.3, 0.4) is 0 Å². The largest absolute Gasteiger partial charge is 0.463 e. The van der Waals surface area contributed by atoms with Crippen molar-refractivity contribution < 1.29 is 19.1 Å². The smallest absolute Gasteiger partial charge is 0.293 e. The van der Waals surface area contributed by atoms with Gasteiger partial charge in [-0.05, 0) is 17.9 Å². The number of nitrogens with one attached hydrogen (secondary N) is 1. The van der Waals surface area contributed by atoms with Gasteiger partial charge in [0.25, 0.3) is 6.47 Å². The summed E-state index contributed by atoms with van der Waals surface area (Å²) in [6.07, 6.45) is 0.222. The molecule has 1 aromatic rings. The molecule has 0 radical (unpaired) electrons. The first-order valence-corrected chi connectivity index (χ1v) is 6.40. The third-order valence-corrected chi connectivity index (χ3v) is 3.46. The van der Waals surface area contributed by atoms with Crippen molar-refractivity contribution in [3.05, 3.63) is 16.5 Å². The van der Waals surface area contributed by atoms with E-state index in [1.165, 1.54) is 11.3 Å². The Morgan fingerprint density at radius 3 is 2.83 bits per heavy atom. The van der Waals surface area contributed by atoms with Crippen molar-refractivity contribution in [2.24, 2.45) is 0 Å². The van der Waals surface area contributed by atoms with Crippen molar-refractivity contribution in [3.63, 3.8) is 0 Å². The molecular formula is C12H15NO4S. The van der Waals surface area contributed by atoms with Gasteiger partial charge in [0.15, 0.2) is 0 Å². The molecule has 1 heterocycles. The van der Waals surface area contributed by atoms with E-state index in [2.05, 4.69) is 5.32 Å². The van der Waals surface area contributed by atoms with Crippen LogP contribution in [0.4, 0.5) is 5.00 Å². The summed E-state index contributed by atoms with van der Waals surface area (Å²) in [6, 6.07) is 0. The fourth-order valence-electron chi connectivity index (χ4n) is 1.35. The van der Waals surface area contributed by atoms with E-state index in [-0.39, 0.29) is 24.7 Å². The highest BCUT2D eigenvalue weighted by Crippen LogP contribution is 2.28. The second-order valence-electron chi connectivity index (χ2n) is 3.75. The number of Topliss-reactive ketones (excluding diaryl/α,β-unsaturated/α-hetero) is 1. The first-order valence-electron chi connectivity index (χ1n) is 5.52. The molecule has 1 aromatic heterocycles. The van der Waals surface area contributed by atoms with Crippen LogP contribution in [-0.2, 0) is 25.7 Å². The number of thiophene rings is 1. The first kappa shape index (κ1) is 14.4. The average Bonchev–Trinajstić information content (AvgIpc) is 2.67. The Hall–Kier alpha value is -1.69. The number of amides is 1. The second-order valence-corrected chi connectivity index (χ2v) is 4.63. The van der Waals surface area contributed by atoms with Crippen molar-refractivity contribution in [2.75, 3.05) is 5.32 Å². The molecule has 0 aliphatic heterocycles. The summed E-state index contributed by atoms with van der Waals surface area (Å²) in [5, 5.41) is 5.16. The summed E-state index contributed by atoms with van der Waals surface area (Å²) in [7, 11) is 0. The van der Waals surface area contributed by atoms with E-state index in [4.69, 9.17) is 4.74 Å². The van der Waals surface area contributed by atoms with Crippen LogP contribution in [0.2, 0.25) is 0 Å². The lowest BCUT2D eigenvalue weighted by Gasteiger charge is -2.06. The van der Waals surface area contributed by atoms with Crippen LogP contribution in [0.5, 0.6) is 0 Å². The Bertz CT molecular complexity index is 453. The normalized spacial score (nSPS) is 9.89. The van der Waals surface area contributed by atoms with Crippen molar-refractivity contribution in [1.29, 1.82) is 0 Å². The quantitative estimate of drug-likeness (QED) is 0.607. The molecule has 1 N–H and O–H groups in total. The molecule has 0 saturated heterocycles. The van der Waals surface area contributed by atoms with Crippen LogP contribution >= 0.6 is 11.3 Å². The number of carbonyl (C=O) groups is 3. The predicted molar refractivity (Wildman–Crippen MR) is 68.5 cm³/mol. The van der Waals surface area contributed by atoms with Crippen molar-refractivity contribution in [2.45, 2.75) is 33.3 Å². The van der Waals surface area contributed by atoms with Gasteiger partial charge in [0.1, 0.15) is 17.4 Å². The number of ketones is 1. The van der Waals surface area contributed by atoms with Crippen LogP contribution < -0.4 is 5.32 Å². The minimum Gasteiger partial charge on any atom is -0.463 e. The van der Waals surface area contributed by atoms with Crippen LogP contribution in [0, 0.1) is 6.92 Å². The molecule has 0 aliphatic carbocycles. The number of ether oxygens (including phenoxy) is 1. The van der Waals surface area contributed by atoms with E-state index in [1.54, 1.807) is 6.92 Å². The van der Waals surface area contributed by atoms with E-state index >= 15 is 0 Å². The summed E-state index contributed by atoms with van der Waals surface area (Å²) < 4.78 is 4.69. The van der Waals surface area contributed by atoms with Crippen molar-refractivity contribution in [1.82, 2.24) is 0 Å². The highest BCUT2D eigenvalue weighted by molar-refractivity contribution is 7.14. The highest BCUT2D eigenvalue weighted by atomic mass is 32.1. The Balaban J connectivity index is 2.69. The maximum Gasteiger partial charge on any atom is 0.293 e. The topological polar surface area (TPSA) is 72.5 Å². The van der Waals surface area contributed by atoms with E-state index < -0.39 is 0 Å². The molecule has 0 spiro atoms. The molecule has 0 atom stereocenters. The molecule has 6 heteroatoms. The van der Waals surface area contributed by atoms with Crippen LogP contribution in [-0.4, -0.2) is 18.2 Å². The fourth-order valence-corrected chi connectivity index (χ4v) is 2.32. The van der Waals surface area contributed by atoms with Gasteiger partial charge in [0.05, 0.1) is 6.42 Å². The van der Waals surface area contributed by atoms with Gasteiger partial charge >= 0.3 is 0 Å². The van der Waals surface area contributed by atoms with Gasteiger partial charge in [-0.25, -0.2) is 0 Å². The summed E-state index contributed by atoms with van der Waals surface area (Å²) in [5.74, 6) is -0.442. The van der Waals surface area contributed by atoms with Gasteiger partial charge in [-0.15, -0.1) is 11.3 Å². The Kier molecular flexibility index (Phi) is 5.51. The lowest BCUT2D eigenvalue weighted by molar-refractivity contribution is -0.130. The molecule has 1 rings (SSSR count). The second kappa shape index (κ2) is 6.90. The molecule has 0 aliphatic rings. The maximum absolute atomic E-state index is 11.6. The maximum atomic E-state index is 11.6. The third-order valence-electron chi connectivity index (χ3n) is 2.40. The van der Waals surface area contributed by atoms with Gasteiger partial charge in [-0.1, -0.05) is 6.92 Å². The van der Waals surface area contributed by atoms with Gasteiger partial charge in [0.2, 0.25) is 5.91 Å². The zero-order valence-electron chi connectivity index (χ0n) is 10.3. The zero-order valence-corrected chi connectivity index (χ0v) is 11.1. The third kappa shape index (κ3) is 3.96. The minimum atomic E-state index is -0.337. The van der Waals surface area contributed by atoms with Gasteiger partial charge < -0.3 is 10.1 Å². The molecule has 1 amide bonds. The van der Waals surface area contributed by atoms with Crippen LogP contribution in [0.15, 0.2) is 5.38 Å². The highest BCUT2D eigenvalue weighted by Gasteiger charge is 2.14. The zero-order chi connectivity index (χ0) is 13.5. The van der Waals surface area contributed by atoms with Crippen molar-refractivity contribution in [3.8, 4) is 0 Å². The average molecular weight is 269 g/mol. The number of hydrogen-bond acceptors (Lipinski definition) is 5. The number of anilines is 1. The number of hydrogen-bond donors (Lipinski definition) is 1. The Morgan fingerprint density at radius 2 is 2.22 bits per heavy atom. The summed E-state index contributed by atoms with van der Waals surface area (Å²) in [5.41, 5.74) is 1.71. The molecular weight excluding hydrogens is 254 g/mol. The molecule has 98 valence electrons. The SMILES string of the molecule is CCC(=O)CC(=O)Nc1scc(C)c1COC=O. The summed E-state index contributed by atoms with van der Waals surface area (Å²) >= 11 is 1.35. The molecule has 0 aromatic carbocycles. The Morgan fingerprint density at radius 1 is 1.50 bits per heavy atom. The summed E-state index contributed by atoms with van der Waals surface area (Å²) in [4.78, 5) is 32.9.